The zero-order chi connectivity index (χ0) is 14.4. The maximum atomic E-state index is 11.7. The highest BCUT2D eigenvalue weighted by Gasteiger charge is 2.28. The third-order valence-electron chi connectivity index (χ3n) is 4.27. The average Bonchev–Trinajstić information content (AvgIpc) is 2.59. The first-order chi connectivity index (χ1) is 9.61. The van der Waals surface area contributed by atoms with Gasteiger partial charge in [-0.05, 0) is 32.4 Å². The molecule has 0 radical (unpaired) electrons. The number of ether oxygens (including phenoxy) is 1. The van der Waals surface area contributed by atoms with E-state index in [1.165, 1.54) is 0 Å². The molecule has 2 aliphatic rings. The standard InChI is InChI=1S/C14H28N2O3S/c1-2-5-15-14-4-8-19-12-13(14)11-16-6-3-9-20(17,18)10-7-16/h13-15H,2-12H2,1H3. The summed E-state index contributed by atoms with van der Waals surface area (Å²) in [5.41, 5.74) is 0. The van der Waals surface area contributed by atoms with Crippen molar-refractivity contribution in [3.8, 4) is 0 Å². The van der Waals surface area contributed by atoms with Crippen LogP contribution in [-0.2, 0) is 14.6 Å². The Hall–Kier alpha value is -0.170. The maximum Gasteiger partial charge on any atom is 0.151 e. The van der Waals surface area contributed by atoms with Crippen LogP contribution in [0.2, 0.25) is 0 Å². The summed E-state index contributed by atoms with van der Waals surface area (Å²) < 4.78 is 28.9. The minimum Gasteiger partial charge on any atom is -0.381 e. The van der Waals surface area contributed by atoms with Crippen LogP contribution in [-0.4, -0.2) is 70.3 Å². The fourth-order valence-electron chi connectivity index (χ4n) is 3.08. The molecule has 2 rings (SSSR count). The summed E-state index contributed by atoms with van der Waals surface area (Å²) in [4.78, 5) is 2.31. The highest BCUT2D eigenvalue weighted by Crippen LogP contribution is 2.17. The molecule has 2 unspecified atom stereocenters. The Morgan fingerprint density at radius 3 is 2.95 bits per heavy atom. The van der Waals surface area contributed by atoms with Gasteiger partial charge in [-0.25, -0.2) is 8.42 Å². The smallest absolute Gasteiger partial charge is 0.151 e. The van der Waals surface area contributed by atoms with Crippen LogP contribution in [0.25, 0.3) is 0 Å². The Morgan fingerprint density at radius 2 is 2.15 bits per heavy atom. The fraction of sp³-hybridized carbons (Fsp3) is 1.00. The van der Waals surface area contributed by atoms with E-state index in [1.807, 2.05) is 0 Å². The molecule has 20 heavy (non-hydrogen) atoms. The number of rotatable bonds is 5. The van der Waals surface area contributed by atoms with Crippen LogP contribution < -0.4 is 5.32 Å². The average molecular weight is 304 g/mol. The molecule has 2 atom stereocenters. The van der Waals surface area contributed by atoms with Crippen LogP contribution in [0, 0.1) is 5.92 Å². The minimum atomic E-state index is -2.81. The van der Waals surface area contributed by atoms with Crippen LogP contribution in [0.4, 0.5) is 0 Å². The van der Waals surface area contributed by atoms with E-state index in [9.17, 15) is 8.42 Å². The van der Waals surface area contributed by atoms with Crippen LogP contribution in [0.5, 0.6) is 0 Å². The number of nitrogens with one attached hydrogen (secondary N) is 1. The van der Waals surface area contributed by atoms with Gasteiger partial charge in [0.05, 0.1) is 18.1 Å². The molecule has 5 nitrogen and oxygen atoms in total. The van der Waals surface area contributed by atoms with E-state index in [0.29, 0.717) is 30.0 Å². The predicted molar refractivity (Wildman–Crippen MR) is 80.7 cm³/mol. The lowest BCUT2D eigenvalue weighted by molar-refractivity contribution is 0.0176. The van der Waals surface area contributed by atoms with Gasteiger partial charge in [-0.1, -0.05) is 6.92 Å². The van der Waals surface area contributed by atoms with Crippen molar-refractivity contribution in [2.45, 2.75) is 32.2 Å². The van der Waals surface area contributed by atoms with E-state index in [2.05, 4.69) is 17.1 Å². The number of hydrogen-bond donors (Lipinski definition) is 1. The lowest BCUT2D eigenvalue weighted by atomic mass is 9.95. The summed E-state index contributed by atoms with van der Waals surface area (Å²) >= 11 is 0. The first-order valence-electron chi connectivity index (χ1n) is 7.84. The van der Waals surface area contributed by atoms with Gasteiger partial charge in [0.15, 0.2) is 9.84 Å². The van der Waals surface area contributed by atoms with Crippen molar-refractivity contribution in [2.24, 2.45) is 5.92 Å². The van der Waals surface area contributed by atoms with Crippen molar-refractivity contribution in [2.75, 3.05) is 50.9 Å². The molecular formula is C14H28N2O3S. The monoisotopic (exact) mass is 304 g/mol. The largest absolute Gasteiger partial charge is 0.381 e. The first-order valence-corrected chi connectivity index (χ1v) is 9.67. The van der Waals surface area contributed by atoms with Gasteiger partial charge in [0.25, 0.3) is 0 Å². The van der Waals surface area contributed by atoms with Gasteiger partial charge in [-0.15, -0.1) is 0 Å². The molecule has 0 spiro atoms. The number of nitrogens with zero attached hydrogens (tertiary/aromatic N) is 1. The maximum absolute atomic E-state index is 11.7. The van der Waals surface area contributed by atoms with Crippen molar-refractivity contribution in [1.82, 2.24) is 10.2 Å². The van der Waals surface area contributed by atoms with Gasteiger partial charge in [-0.2, -0.15) is 0 Å². The Morgan fingerprint density at radius 1 is 1.30 bits per heavy atom. The van der Waals surface area contributed by atoms with Gasteiger partial charge in [0.2, 0.25) is 0 Å². The molecule has 0 aromatic heterocycles. The van der Waals surface area contributed by atoms with Gasteiger partial charge in [0, 0.05) is 31.7 Å². The van der Waals surface area contributed by atoms with Crippen LogP contribution in [0.1, 0.15) is 26.2 Å². The second-order valence-electron chi connectivity index (χ2n) is 5.99. The predicted octanol–water partition coefficient (Wildman–Crippen LogP) is 0.512. The summed E-state index contributed by atoms with van der Waals surface area (Å²) in [6.07, 6.45) is 2.98. The molecule has 0 aromatic carbocycles. The van der Waals surface area contributed by atoms with Crippen LogP contribution in [0.15, 0.2) is 0 Å². The van der Waals surface area contributed by atoms with E-state index in [4.69, 9.17) is 4.74 Å². The van der Waals surface area contributed by atoms with Crippen molar-refractivity contribution < 1.29 is 13.2 Å². The van der Waals surface area contributed by atoms with Crippen LogP contribution in [0.3, 0.4) is 0 Å². The number of sulfone groups is 1. The highest BCUT2D eigenvalue weighted by atomic mass is 32.2. The molecule has 0 saturated carbocycles. The van der Waals surface area contributed by atoms with E-state index < -0.39 is 9.84 Å². The second-order valence-corrected chi connectivity index (χ2v) is 8.29. The Bertz CT molecular complexity index is 386. The zero-order valence-corrected chi connectivity index (χ0v) is 13.3. The topological polar surface area (TPSA) is 58.6 Å². The first kappa shape index (κ1) is 16.2. The van der Waals surface area contributed by atoms with Crippen LogP contribution >= 0.6 is 0 Å². The molecule has 0 aromatic rings. The van der Waals surface area contributed by atoms with E-state index in [0.717, 1.165) is 52.1 Å². The van der Waals surface area contributed by atoms with Crippen molar-refractivity contribution in [3.63, 3.8) is 0 Å². The highest BCUT2D eigenvalue weighted by molar-refractivity contribution is 7.91. The Balaban J connectivity index is 1.86. The third kappa shape index (κ3) is 4.98. The van der Waals surface area contributed by atoms with Crippen molar-refractivity contribution in [1.29, 1.82) is 0 Å². The molecule has 2 saturated heterocycles. The molecule has 2 heterocycles. The minimum absolute atomic E-state index is 0.313. The lowest BCUT2D eigenvalue weighted by Gasteiger charge is -2.35. The third-order valence-corrected chi connectivity index (χ3v) is 5.99. The SMILES string of the molecule is CCCNC1CCOCC1CN1CCCS(=O)(=O)CC1. The molecule has 0 amide bonds. The molecule has 118 valence electrons. The molecule has 0 bridgehead atoms. The molecular weight excluding hydrogens is 276 g/mol. The summed E-state index contributed by atoms with van der Waals surface area (Å²) in [5, 5.41) is 3.62. The Labute approximate surface area is 123 Å². The summed E-state index contributed by atoms with van der Waals surface area (Å²) in [5.74, 6) is 1.15. The Kier molecular flexibility index (Phi) is 6.26. The summed E-state index contributed by atoms with van der Waals surface area (Å²) in [6.45, 7) is 7.40. The van der Waals surface area contributed by atoms with Gasteiger partial charge >= 0.3 is 0 Å². The number of hydrogen-bond acceptors (Lipinski definition) is 5. The summed E-state index contributed by atoms with van der Waals surface area (Å²) in [7, 11) is -2.81. The fourth-order valence-corrected chi connectivity index (χ4v) is 4.39. The van der Waals surface area contributed by atoms with E-state index >= 15 is 0 Å². The second kappa shape index (κ2) is 7.73. The summed E-state index contributed by atoms with van der Waals surface area (Å²) in [6, 6.07) is 0.517. The molecule has 1 N–H and O–H groups in total. The van der Waals surface area contributed by atoms with Crippen molar-refractivity contribution in [3.05, 3.63) is 0 Å². The lowest BCUT2D eigenvalue weighted by Crippen LogP contribution is -2.48. The molecule has 2 fully saturated rings. The zero-order valence-electron chi connectivity index (χ0n) is 12.5. The molecule has 0 aliphatic carbocycles. The van der Waals surface area contributed by atoms with Crippen molar-refractivity contribution >= 4 is 9.84 Å². The normalized spacial score (nSPS) is 31.9. The molecule has 2 aliphatic heterocycles. The van der Waals surface area contributed by atoms with E-state index in [1.54, 1.807) is 0 Å². The van der Waals surface area contributed by atoms with Gasteiger partial charge < -0.3 is 15.0 Å². The van der Waals surface area contributed by atoms with Gasteiger partial charge in [-0.3, -0.25) is 0 Å². The molecule has 6 heteroatoms. The quantitative estimate of drug-likeness (QED) is 0.802. The van der Waals surface area contributed by atoms with Gasteiger partial charge in [0.1, 0.15) is 0 Å². The van der Waals surface area contributed by atoms with E-state index in [-0.39, 0.29) is 0 Å².